The zero-order valence-electron chi connectivity index (χ0n) is 11.0. The van der Waals surface area contributed by atoms with Gasteiger partial charge in [0.05, 0.1) is 10.9 Å². The Balaban J connectivity index is 1.95. The van der Waals surface area contributed by atoms with Gasteiger partial charge in [-0.1, -0.05) is 6.07 Å². The first-order valence-electron chi connectivity index (χ1n) is 6.43. The predicted molar refractivity (Wildman–Crippen MR) is 75.2 cm³/mol. The van der Waals surface area contributed by atoms with Crippen LogP contribution in [0, 0.1) is 0 Å². The summed E-state index contributed by atoms with van der Waals surface area (Å²) in [7, 11) is -4.32. The van der Waals surface area contributed by atoms with E-state index in [1.807, 2.05) is 0 Å². The number of ether oxygens (including phenoxy) is 1. The van der Waals surface area contributed by atoms with Crippen LogP contribution in [0.25, 0.3) is 0 Å². The highest BCUT2D eigenvalue weighted by Crippen LogP contribution is 2.45. The monoisotopic (exact) mass is 318 g/mol. The molecule has 2 aromatic rings. The molecule has 0 radical (unpaired) electrons. The van der Waals surface area contributed by atoms with E-state index in [1.54, 1.807) is 18.2 Å². The highest BCUT2D eigenvalue weighted by molar-refractivity contribution is 7.85. The van der Waals surface area contributed by atoms with E-state index >= 15 is 0 Å². The van der Waals surface area contributed by atoms with Gasteiger partial charge in [0.15, 0.2) is 0 Å². The third kappa shape index (κ3) is 1.82. The molecular formula is C14H10N2O5S. The molecule has 0 fully saturated rings. The topological polar surface area (TPSA) is 105 Å². The number of hydrogen-bond acceptors (Lipinski definition) is 5. The number of carbonyl (C=O) groups is 1. The Morgan fingerprint density at radius 3 is 2.73 bits per heavy atom. The minimum absolute atomic E-state index is 0.227. The van der Waals surface area contributed by atoms with Gasteiger partial charge in [0, 0.05) is 16.7 Å². The fourth-order valence-electron chi connectivity index (χ4n) is 2.76. The fourth-order valence-corrected chi connectivity index (χ4v) is 3.28. The Labute approximate surface area is 125 Å². The first-order chi connectivity index (χ1) is 10.4. The van der Waals surface area contributed by atoms with E-state index in [0.29, 0.717) is 28.2 Å². The lowest BCUT2D eigenvalue weighted by molar-refractivity contribution is 0.0910. The van der Waals surface area contributed by atoms with Crippen LogP contribution < -0.4 is 15.6 Å². The van der Waals surface area contributed by atoms with Crippen LogP contribution in [0.5, 0.6) is 11.5 Å². The van der Waals surface area contributed by atoms with Crippen molar-refractivity contribution in [2.45, 2.75) is 10.9 Å². The average Bonchev–Trinajstić information content (AvgIpc) is 2.48. The molecule has 2 aliphatic heterocycles. The van der Waals surface area contributed by atoms with Crippen LogP contribution >= 0.6 is 0 Å². The maximum absolute atomic E-state index is 11.9. The van der Waals surface area contributed by atoms with Crippen LogP contribution in [0.1, 0.15) is 27.5 Å². The van der Waals surface area contributed by atoms with E-state index in [-0.39, 0.29) is 10.8 Å². The predicted octanol–water partition coefficient (Wildman–Crippen LogP) is 1.38. The maximum Gasteiger partial charge on any atom is 0.294 e. The quantitative estimate of drug-likeness (QED) is 0.686. The number of nitrogens with one attached hydrogen (secondary N) is 2. The van der Waals surface area contributed by atoms with Gasteiger partial charge in [-0.05, 0) is 30.3 Å². The van der Waals surface area contributed by atoms with E-state index in [4.69, 9.17) is 4.74 Å². The summed E-state index contributed by atoms with van der Waals surface area (Å²) in [6.07, 6.45) is 0. The number of rotatable bonds is 1. The van der Waals surface area contributed by atoms with Crippen molar-refractivity contribution >= 4 is 16.0 Å². The molecule has 0 saturated carbocycles. The van der Waals surface area contributed by atoms with Gasteiger partial charge >= 0.3 is 0 Å². The van der Waals surface area contributed by atoms with Gasteiger partial charge in [-0.15, -0.1) is 0 Å². The standard InChI is InChI=1S/C14H10N2O5S/c17-14-8-2-1-3-11-12(8)13(15-16-14)9-6-7(22(18,19)20)4-5-10(9)21-11/h1-6,13,15H,(H,16,17)(H,18,19,20). The molecule has 4 rings (SSSR count). The molecule has 7 nitrogen and oxygen atoms in total. The second-order valence-electron chi connectivity index (χ2n) is 5.03. The van der Waals surface area contributed by atoms with Crippen LogP contribution in [0.3, 0.4) is 0 Å². The third-order valence-corrected chi connectivity index (χ3v) is 4.59. The molecule has 1 amide bonds. The zero-order chi connectivity index (χ0) is 15.5. The summed E-state index contributed by atoms with van der Waals surface area (Å²) in [6, 6.07) is 8.76. The molecule has 2 heterocycles. The lowest BCUT2D eigenvalue weighted by Gasteiger charge is -2.33. The Bertz CT molecular complexity index is 923. The smallest absolute Gasteiger partial charge is 0.294 e. The summed E-state index contributed by atoms with van der Waals surface area (Å²) in [5, 5.41) is 0. The third-order valence-electron chi connectivity index (χ3n) is 3.74. The lowest BCUT2D eigenvalue weighted by atomic mass is 9.90. The Morgan fingerprint density at radius 2 is 1.95 bits per heavy atom. The van der Waals surface area contributed by atoms with Crippen molar-refractivity contribution in [3.05, 3.63) is 53.1 Å². The summed E-state index contributed by atoms with van der Waals surface area (Å²) in [4.78, 5) is 11.7. The van der Waals surface area contributed by atoms with Crippen LogP contribution in [0.15, 0.2) is 41.3 Å². The van der Waals surface area contributed by atoms with Crippen molar-refractivity contribution < 1.29 is 22.5 Å². The summed E-state index contributed by atoms with van der Waals surface area (Å²) >= 11 is 0. The number of hydrogen-bond donors (Lipinski definition) is 3. The Kier molecular flexibility index (Phi) is 2.59. The molecular weight excluding hydrogens is 308 g/mol. The molecule has 2 aromatic carbocycles. The van der Waals surface area contributed by atoms with Crippen LogP contribution in [-0.2, 0) is 10.1 Å². The largest absolute Gasteiger partial charge is 0.457 e. The van der Waals surface area contributed by atoms with Crippen LogP contribution in [0.2, 0.25) is 0 Å². The second-order valence-corrected chi connectivity index (χ2v) is 6.45. The molecule has 112 valence electrons. The van der Waals surface area contributed by atoms with Gasteiger partial charge < -0.3 is 4.74 Å². The van der Waals surface area contributed by atoms with E-state index < -0.39 is 16.2 Å². The van der Waals surface area contributed by atoms with Gasteiger partial charge in [0.25, 0.3) is 16.0 Å². The zero-order valence-corrected chi connectivity index (χ0v) is 11.8. The van der Waals surface area contributed by atoms with Crippen molar-refractivity contribution in [2.75, 3.05) is 0 Å². The van der Waals surface area contributed by atoms with Gasteiger partial charge in [0.1, 0.15) is 11.5 Å². The van der Waals surface area contributed by atoms with Crippen molar-refractivity contribution in [1.29, 1.82) is 0 Å². The van der Waals surface area contributed by atoms with Crippen molar-refractivity contribution in [1.82, 2.24) is 10.9 Å². The highest BCUT2D eigenvalue weighted by atomic mass is 32.2. The van der Waals surface area contributed by atoms with Crippen molar-refractivity contribution in [2.24, 2.45) is 0 Å². The van der Waals surface area contributed by atoms with E-state index in [0.717, 1.165) is 0 Å². The number of carbonyl (C=O) groups excluding carboxylic acids is 1. The van der Waals surface area contributed by atoms with E-state index in [1.165, 1.54) is 18.2 Å². The van der Waals surface area contributed by atoms with Gasteiger partial charge in [-0.25, -0.2) is 5.43 Å². The van der Waals surface area contributed by atoms with Gasteiger partial charge in [-0.2, -0.15) is 8.42 Å². The number of fused-ring (bicyclic) bond motifs is 2. The van der Waals surface area contributed by atoms with E-state index in [2.05, 4.69) is 10.9 Å². The lowest BCUT2D eigenvalue weighted by Crippen LogP contribution is -2.46. The number of amides is 1. The molecule has 0 spiro atoms. The van der Waals surface area contributed by atoms with Crippen molar-refractivity contribution in [3.63, 3.8) is 0 Å². The summed E-state index contributed by atoms with van der Waals surface area (Å²) in [5.74, 6) is 0.716. The number of benzene rings is 2. The summed E-state index contributed by atoms with van der Waals surface area (Å²) in [5.41, 5.74) is 7.02. The molecule has 0 bridgehead atoms. The Hall–Kier alpha value is -2.42. The first kappa shape index (κ1) is 13.3. The van der Waals surface area contributed by atoms with Crippen molar-refractivity contribution in [3.8, 4) is 11.5 Å². The number of hydrazine groups is 1. The van der Waals surface area contributed by atoms with Gasteiger partial charge in [0.2, 0.25) is 0 Å². The Morgan fingerprint density at radius 1 is 1.14 bits per heavy atom. The fraction of sp³-hybridized carbons (Fsp3) is 0.0714. The summed E-state index contributed by atoms with van der Waals surface area (Å²) in [6.45, 7) is 0. The average molecular weight is 318 g/mol. The molecule has 0 aromatic heterocycles. The molecule has 0 aliphatic carbocycles. The minimum atomic E-state index is -4.32. The summed E-state index contributed by atoms with van der Waals surface area (Å²) < 4.78 is 37.6. The SMILES string of the molecule is O=C1NNC2c3cc(S(=O)(=O)O)ccc3Oc3cccc1c32. The van der Waals surface area contributed by atoms with Gasteiger partial charge in [-0.3, -0.25) is 14.8 Å². The molecule has 1 atom stereocenters. The molecule has 22 heavy (non-hydrogen) atoms. The van der Waals surface area contributed by atoms with E-state index in [9.17, 15) is 17.8 Å². The molecule has 8 heteroatoms. The van der Waals surface area contributed by atoms with Crippen LogP contribution in [0.4, 0.5) is 0 Å². The van der Waals surface area contributed by atoms with Crippen LogP contribution in [-0.4, -0.2) is 18.9 Å². The maximum atomic E-state index is 11.9. The second kappa shape index (κ2) is 4.29. The highest BCUT2D eigenvalue weighted by Gasteiger charge is 2.35. The molecule has 2 aliphatic rings. The first-order valence-corrected chi connectivity index (χ1v) is 7.87. The molecule has 3 N–H and O–H groups in total. The molecule has 1 unspecified atom stereocenters. The normalized spacial score (nSPS) is 18.8. The minimum Gasteiger partial charge on any atom is -0.457 e. The molecule has 0 saturated heterocycles.